The summed E-state index contributed by atoms with van der Waals surface area (Å²) in [4.78, 5) is 18.8. The van der Waals surface area contributed by atoms with Gasteiger partial charge in [0.25, 0.3) is 0 Å². The van der Waals surface area contributed by atoms with E-state index in [1.807, 2.05) is 69.8 Å². The van der Waals surface area contributed by atoms with E-state index in [0.29, 0.717) is 11.9 Å². The minimum atomic E-state index is -0.471. The number of nitrogens with zero attached hydrogens (tertiary/aromatic N) is 6. The quantitative estimate of drug-likeness (QED) is 0.257. The minimum absolute atomic E-state index is 0. The van der Waals surface area contributed by atoms with Crippen LogP contribution in [0.4, 0.5) is 0 Å². The van der Waals surface area contributed by atoms with Gasteiger partial charge in [-0.15, -0.1) is 35.0 Å². The zero-order valence-corrected chi connectivity index (χ0v) is 20.9. The van der Waals surface area contributed by atoms with Gasteiger partial charge in [-0.3, -0.25) is 19.9 Å². The molecule has 0 saturated heterocycles. The van der Waals surface area contributed by atoms with Gasteiger partial charge in [0.15, 0.2) is 0 Å². The average molecular weight is 624 g/mol. The third-order valence-electron chi connectivity index (χ3n) is 6.02. The molecular formula is C27H20N6Pt. The Morgan fingerprint density at radius 1 is 0.647 bits per heavy atom. The van der Waals surface area contributed by atoms with Gasteiger partial charge in [0.1, 0.15) is 11.9 Å². The Kier molecular flexibility index (Phi) is 5.62. The van der Waals surface area contributed by atoms with Crippen LogP contribution in [0.3, 0.4) is 0 Å². The molecule has 0 spiro atoms. The second-order valence-electron chi connectivity index (χ2n) is 8.44. The number of fused-ring (bicyclic) bond motifs is 2. The van der Waals surface area contributed by atoms with Crippen LogP contribution in [-0.2, 0) is 26.5 Å². The largest absolute Gasteiger partial charge is 2.00 e. The minimum Gasteiger partial charge on any atom is -0.413 e. The third-order valence-corrected chi connectivity index (χ3v) is 6.02. The van der Waals surface area contributed by atoms with E-state index in [1.54, 1.807) is 12.4 Å². The van der Waals surface area contributed by atoms with Gasteiger partial charge in [-0.2, -0.15) is 0 Å². The summed E-state index contributed by atoms with van der Waals surface area (Å²) in [6, 6.07) is 24.0. The molecule has 168 valence electrons. The van der Waals surface area contributed by atoms with Crippen LogP contribution >= 0.6 is 0 Å². The van der Waals surface area contributed by atoms with E-state index < -0.39 is 5.41 Å². The van der Waals surface area contributed by atoms with Crippen molar-refractivity contribution in [2.45, 2.75) is 19.3 Å². The van der Waals surface area contributed by atoms with E-state index >= 15 is 0 Å². The van der Waals surface area contributed by atoms with Crippen molar-refractivity contribution in [3.63, 3.8) is 0 Å². The molecule has 4 aromatic heterocycles. The molecule has 0 fully saturated rings. The number of hydrogen-bond acceptors (Lipinski definition) is 4. The molecule has 0 amide bonds. The summed E-state index contributed by atoms with van der Waals surface area (Å²) >= 11 is 0. The van der Waals surface area contributed by atoms with E-state index in [-0.39, 0.29) is 21.1 Å². The first-order chi connectivity index (χ1) is 16.1. The Bertz CT molecular complexity index is 1490. The van der Waals surface area contributed by atoms with Gasteiger partial charge >= 0.3 is 21.1 Å². The van der Waals surface area contributed by atoms with Gasteiger partial charge in [-0.25, -0.2) is 0 Å². The monoisotopic (exact) mass is 623 g/mol. The zero-order valence-electron chi connectivity index (χ0n) is 18.6. The van der Waals surface area contributed by atoms with E-state index in [9.17, 15) is 0 Å². The van der Waals surface area contributed by atoms with Crippen LogP contribution in [0.5, 0.6) is 0 Å². The summed E-state index contributed by atoms with van der Waals surface area (Å²) in [5.41, 5.74) is 3.30. The molecule has 0 aliphatic rings. The van der Waals surface area contributed by atoms with E-state index in [4.69, 9.17) is 9.97 Å². The Morgan fingerprint density at radius 3 is 1.56 bits per heavy atom. The topological polar surface area (TPSA) is 61.4 Å². The van der Waals surface area contributed by atoms with Crippen molar-refractivity contribution in [2.24, 2.45) is 0 Å². The molecule has 2 aromatic carbocycles. The smallest absolute Gasteiger partial charge is 0.413 e. The van der Waals surface area contributed by atoms with E-state index in [2.05, 4.69) is 48.3 Å². The van der Waals surface area contributed by atoms with Crippen LogP contribution in [-0.4, -0.2) is 29.1 Å². The molecule has 6 aromatic rings. The molecule has 0 atom stereocenters. The summed E-state index contributed by atoms with van der Waals surface area (Å²) in [6.07, 6.45) is 10.1. The standard InChI is InChI=1S/C27H20N6.Pt/c1-27(2,23-11-15-28-25(30-23)32-17-13-19-7-3-5-9-21(19)32)24-12-16-29-26(31-24)33-18-14-20-8-4-6-10-22(20)33;/h3-16H,1-2H3;/q-2;+2. The first-order valence-corrected chi connectivity index (χ1v) is 10.8. The molecule has 0 bridgehead atoms. The molecule has 6 nitrogen and oxygen atoms in total. The molecule has 34 heavy (non-hydrogen) atoms. The molecule has 0 unspecified atom stereocenters. The van der Waals surface area contributed by atoms with Gasteiger partial charge in [-0.1, -0.05) is 59.8 Å². The van der Waals surface area contributed by atoms with Crippen molar-refractivity contribution < 1.29 is 21.1 Å². The normalized spacial score (nSPS) is 11.6. The molecule has 7 heteroatoms. The Hall–Kier alpha value is -3.63. The van der Waals surface area contributed by atoms with Gasteiger partial charge < -0.3 is 9.13 Å². The summed E-state index contributed by atoms with van der Waals surface area (Å²) in [5, 5.41) is 2.20. The molecule has 0 N–H and O–H groups in total. The molecule has 4 heterocycles. The van der Waals surface area contributed by atoms with Crippen LogP contribution in [0.15, 0.2) is 85.2 Å². The summed E-state index contributed by atoms with van der Waals surface area (Å²) in [5.74, 6) is 1.17. The van der Waals surface area contributed by atoms with Crippen molar-refractivity contribution in [1.82, 2.24) is 29.1 Å². The number of hydrogen-bond donors (Lipinski definition) is 0. The Labute approximate surface area is 211 Å². The number of rotatable bonds is 4. The maximum absolute atomic E-state index is 4.90. The average Bonchev–Trinajstić information content (AvgIpc) is 3.49. The maximum atomic E-state index is 4.90. The van der Waals surface area contributed by atoms with Gasteiger partial charge in [0.2, 0.25) is 0 Å². The molecule has 6 rings (SSSR count). The van der Waals surface area contributed by atoms with Crippen molar-refractivity contribution >= 4 is 21.8 Å². The first kappa shape index (κ1) is 22.2. The summed E-state index contributed by atoms with van der Waals surface area (Å²) in [6.45, 7) is 4.22. The van der Waals surface area contributed by atoms with Gasteiger partial charge in [0, 0.05) is 29.2 Å². The summed E-state index contributed by atoms with van der Waals surface area (Å²) < 4.78 is 3.78. The van der Waals surface area contributed by atoms with E-state index in [0.717, 1.165) is 33.2 Å². The molecule has 0 aliphatic heterocycles. The molecule has 0 saturated carbocycles. The predicted octanol–water partition coefficient (Wildman–Crippen LogP) is 5.08. The van der Waals surface area contributed by atoms with Crippen LogP contribution in [0.1, 0.15) is 25.2 Å². The molecule has 0 aliphatic carbocycles. The Morgan fingerprint density at radius 2 is 1.09 bits per heavy atom. The van der Waals surface area contributed by atoms with Crippen molar-refractivity contribution in [2.75, 3.05) is 0 Å². The van der Waals surface area contributed by atoms with Gasteiger partial charge in [-0.05, 0) is 26.0 Å². The van der Waals surface area contributed by atoms with Crippen molar-refractivity contribution in [1.29, 1.82) is 0 Å². The fourth-order valence-corrected chi connectivity index (χ4v) is 4.10. The Balaban J connectivity index is 0.00000241. The zero-order chi connectivity index (χ0) is 22.4. The number of para-hydroxylation sites is 2. The van der Waals surface area contributed by atoms with Crippen LogP contribution in [0.2, 0.25) is 0 Å². The fourth-order valence-electron chi connectivity index (χ4n) is 4.10. The maximum Gasteiger partial charge on any atom is 2.00 e. The van der Waals surface area contributed by atoms with Crippen molar-refractivity contribution in [3.8, 4) is 11.9 Å². The second kappa shape index (κ2) is 8.62. The summed E-state index contributed by atoms with van der Waals surface area (Å²) in [7, 11) is 0. The fraction of sp³-hybridized carbons (Fsp3) is 0.111. The first-order valence-electron chi connectivity index (χ1n) is 10.8. The third kappa shape index (κ3) is 3.64. The predicted molar refractivity (Wildman–Crippen MR) is 128 cm³/mol. The molecule has 0 radical (unpaired) electrons. The van der Waals surface area contributed by atoms with Crippen LogP contribution in [0.25, 0.3) is 33.7 Å². The van der Waals surface area contributed by atoms with Crippen molar-refractivity contribution in [3.05, 3.63) is 109 Å². The molecular weight excluding hydrogens is 603 g/mol. The number of benzene rings is 2. The van der Waals surface area contributed by atoms with Gasteiger partial charge in [0.05, 0.1) is 0 Å². The second-order valence-corrected chi connectivity index (χ2v) is 8.44. The SMILES string of the molecule is CC(C)(c1ccnc(-n2[c-]cc3ccccc32)n1)c1ccnc(-n2[c-]cc3ccccc32)n1.[Pt+2]. The van der Waals surface area contributed by atoms with Crippen LogP contribution in [0, 0.1) is 12.4 Å². The van der Waals surface area contributed by atoms with Crippen LogP contribution < -0.4 is 0 Å². The van der Waals surface area contributed by atoms with E-state index in [1.165, 1.54) is 0 Å². The number of aromatic nitrogens is 6.